The second-order valence-electron chi connectivity index (χ2n) is 5.39. The minimum Gasteiger partial charge on any atom is -0.360 e. The molecule has 1 amide bonds. The SMILES string of the molecule is Cc1cccc(CN(CC(=O)Nc2cc(C)on2)S(C)(=O)=O)c1. The molecule has 0 bridgehead atoms. The van der Waals surface area contributed by atoms with E-state index in [1.165, 1.54) is 0 Å². The first kappa shape index (κ1) is 17.2. The highest BCUT2D eigenvalue weighted by atomic mass is 32.2. The third-order valence-electron chi connectivity index (χ3n) is 3.13. The highest BCUT2D eigenvalue weighted by Gasteiger charge is 2.21. The fourth-order valence-electron chi connectivity index (χ4n) is 2.07. The van der Waals surface area contributed by atoms with Crippen molar-refractivity contribution in [3.05, 3.63) is 47.2 Å². The molecule has 124 valence electrons. The lowest BCUT2D eigenvalue weighted by atomic mass is 10.1. The minimum atomic E-state index is -3.53. The zero-order valence-corrected chi connectivity index (χ0v) is 14.1. The molecule has 1 heterocycles. The number of hydrogen-bond donors (Lipinski definition) is 1. The molecular weight excluding hydrogens is 318 g/mol. The van der Waals surface area contributed by atoms with E-state index in [1.54, 1.807) is 13.0 Å². The van der Waals surface area contributed by atoms with Crippen molar-refractivity contribution >= 4 is 21.7 Å². The van der Waals surface area contributed by atoms with E-state index in [1.807, 2.05) is 31.2 Å². The Balaban J connectivity index is 2.08. The van der Waals surface area contributed by atoms with Crippen molar-refractivity contribution in [1.82, 2.24) is 9.46 Å². The van der Waals surface area contributed by atoms with Crippen LogP contribution in [0.15, 0.2) is 34.9 Å². The molecule has 0 fully saturated rings. The molecule has 7 nitrogen and oxygen atoms in total. The summed E-state index contributed by atoms with van der Waals surface area (Å²) in [6.45, 7) is 3.46. The van der Waals surface area contributed by atoms with Gasteiger partial charge in [-0.1, -0.05) is 35.0 Å². The lowest BCUT2D eigenvalue weighted by Crippen LogP contribution is -2.36. The molecule has 1 aromatic heterocycles. The molecule has 0 spiro atoms. The highest BCUT2D eigenvalue weighted by molar-refractivity contribution is 7.88. The van der Waals surface area contributed by atoms with Gasteiger partial charge in [0.25, 0.3) is 0 Å². The molecule has 0 saturated heterocycles. The summed E-state index contributed by atoms with van der Waals surface area (Å²) in [4.78, 5) is 12.0. The van der Waals surface area contributed by atoms with Crippen molar-refractivity contribution in [1.29, 1.82) is 0 Å². The van der Waals surface area contributed by atoms with E-state index in [0.29, 0.717) is 5.76 Å². The molecule has 0 atom stereocenters. The maximum atomic E-state index is 12.0. The third-order valence-corrected chi connectivity index (χ3v) is 4.32. The number of nitrogens with one attached hydrogen (secondary N) is 1. The topological polar surface area (TPSA) is 92.5 Å². The van der Waals surface area contributed by atoms with E-state index >= 15 is 0 Å². The summed E-state index contributed by atoms with van der Waals surface area (Å²) < 4.78 is 29.8. The molecule has 0 unspecified atom stereocenters. The number of carbonyl (C=O) groups is 1. The van der Waals surface area contributed by atoms with Gasteiger partial charge in [0.05, 0.1) is 12.8 Å². The number of amides is 1. The van der Waals surface area contributed by atoms with Crippen molar-refractivity contribution in [3.8, 4) is 0 Å². The van der Waals surface area contributed by atoms with E-state index in [-0.39, 0.29) is 18.9 Å². The number of aromatic nitrogens is 1. The van der Waals surface area contributed by atoms with Gasteiger partial charge in [-0.05, 0) is 19.4 Å². The van der Waals surface area contributed by atoms with Crippen molar-refractivity contribution in [2.24, 2.45) is 0 Å². The first-order valence-electron chi connectivity index (χ1n) is 6.98. The summed E-state index contributed by atoms with van der Waals surface area (Å²) in [7, 11) is -3.53. The Morgan fingerprint density at radius 3 is 2.61 bits per heavy atom. The Kier molecular flexibility index (Phi) is 5.17. The van der Waals surface area contributed by atoms with Crippen LogP contribution in [-0.2, 0) is 21.4 Å². The van der Waals surface area contributed by atoms with E-state index in [0.717, 1.165) is 21.7 Å². The normalized spacial score (nSPS) is 11.7. The molecule has 8 heteroatoms. The number of aryl methyl sites for hydroxylation is 2. The van der Waals surface area contributed by atoms with Gasteiger partial charge in [-0.3, -0.25) is 4.79 Å². The standard InChI is InChI=1S/C15H19N3O4S/c1-11-5-4-6-13(7-11)9-18(23(3,20)21)10-15(19)16-14-8-12(2)22-17-14/h4-8H,9-10H2,1-3H3,(H,16,17,19). The van der Waals surface area contributed by atoms with Crippen LogP contribution < -0.4 is 5.32 Å². The quantitative estimate of drug-likeness (QED) is 0.866. The summed E-state index contributed by atoms with van der Waals surface area (Å²) >= 11 is 0. The predicted octanol–water partition coefficient (Wildman–Crippen LogP) is 1.69. The number of hydrogen-bond acceptors (Lipinski definition) is 5. The van der Waals surface area contributed by atoms with E-state index in [4.69, 9.17) is 4.52 Å². The summed E-state index contributed by atoms with van der Waals surface area (Å²) in [6.07, 6.45) is 1.08. The van der Waals surface area contributed by atoms with Crippen molar-refractivity contribution in [3.63, 3.8) is 0 Å². The van der Waals surface area contributed by atoms with Crippen LogP contribution in [0.4, 0.5) is 5.82 Å². The zero-order valence-electron chi connectivity index (χ0n) is 13.2. The lowest BCUT2D eigenvalue weighted by Gasteiger charge is -2.19. The largest absolute Gasteiger partial charge is 0.360 e. The average molecular weight is 337 g/mol. The molecular formula is C15H19N3O4S. The van der Waals surface area contributed by atoms with Crippen LogP contribution in [0.5, 0.6) is 0 Å². The van der Waals surface area contributed by atoms with Crippen LogP contribution in [0.1, 0.15) is 16.9 Å². The molecule has 2 aromatic rings. The summed E-state index contributed by atoms with van der Waals surface area (Å²) in [6, 6.07) is 9.04. The van der Waals surface area contributed by atoms with Gasteiger partial charge >= 0.3 is 0 Å². The average Bonchev–Trinajstić information content (AvgIpc) is 2.82. The summed E-state index contributed by atoms with van der Waals surface area (Å²) in [5.74, 6) is 0.341. The minimum absolute atomic E-state index is 0.131. The molecule has 1 aromatic carbocycles. The predicted molar refractivity (Wildman–Crippen MR) is 86.3 cm³/mol. The highest BCUT2D eigenvalue weighted by Crippen LogP contribution is 2.12. The number of rotatable bonds is 6. The monoisotopic (exact) mass is 337 g/mol. The Labute approximate surface area is 135 Å². The smallest absolute Gasteiger partial charge is 0.240 e. The molecule has 0 saturated carbocycles. The summed E-state index contributed by atoms with van der Waals surface area (Å²) in [5, 5.41) is 6.16. The van der Waals surface area contributed by atoms with Crippen LogP contribution in [0.3, 0.4) is 0 Å². The maximum Gasteiger partial charge on any atom is 0.240 e. The van der Waals surface area contributed by atoms with Crippen molar-refractivity contribution in [2.45, 2.75) is 20.4 Å². The molecule has 0 aliphatic rings. The second-order valence-corrected chi connectivity index (χ2v) is 7.37. The Morgan fingerprint density at radius 2 is 2.04 bits per heavy atom. The number of benzene rings is 1. The van der Waals surface area contributed by atoms with Gasteiger partial charge in [-0.15, -0.1) is 0 Å². The number of nitrogens with zero attached hydrogens (tertiary/aromatic N) is 2. The van der Waals surface area contributed by atoms with Gasteiger partial charge in [0.2, 0.25) is 15.9 Å². The van der Waals surface area contributed by atoms with E-state index in [2.05, 4.69) is 10.5 Å². The third kappa shape index (κ3) is 5.19. The number of carbonyl (C=O) groups excluding carboxylic acids is 1. The molecule has 1 N–H and O–H groups in total. The molecule has 0 aliphatic carbocycles. The number of sulfonamides is 1. The first-order valence-corrected chi connectivity index (χ1v) is 8.83. The van der Waals surface area contributed by atoms with Crippen LogP contribution >= 0.6 is 0 Å². The van der Waals surface area contributed by atoms with Gasteiger partial charge in [-0.2, -0.15) is 4.31 Å². The molecule has 0 aliphatic heterocycles. The zero-order chi connectivity index (χ0) is 17.0. The molecule has 23 heavy (non-hydrogen) atoms. The van der Waals surface area contributed by atoms with Crippen LogP contribution in [-0.4, -0.2) is 36.6 Å². The fourth-order valence-corrected chi connectivity index (χ4v) is 2.81. The molecule has 2 rings (SSSR count). The Hall–Kier alpha value is -2.19. The van der Waals surface area contributed by atoms with Crippen LogP contribution in [0.2, 0.25) is 0 Å². The fraction of sp³-hybridized carbons (Fsp3) is 0.333. The maximum absolute atomic E-state index is 12.0. The van der Waals surface area contributed by atoms with Gasteiger partial charge in [-0.25, -0.2) is 8.42 Å². The molecule has 0 radical (unpaired) electrons. The second kappa shape index (κ2) is 6.93. The van der Waals surface area contributed by atoms with Crippen molar-refractivity contribution < 1.29 is 17.7 Å². The van der Waals surface area contributed by atoms with Crippen molar-refractivity contribution in [2.75, 3.05) is 18.1 Å². The lowest BCUT2D eigenvalue weighted by molar-refractivity contribution is -0.116. The van der Waals surface area contributed by atoms with Gasteiger partial charge in [0, 0.05) is 12.6 Å². The van der Waals surface area contributed by atoms with Crippen LogP contribution in [0.25, 0.3) is 0 Å². The van der Waals surface area contributed by atoms with Crippen LogP contribution in [0, 0.1) is 13.8 Å². The van der Waals surface area contributed by atoms with Gasteiger partial charge in [0.1, 0.15) is 5.76 Å². The first-order chi connectivity index (χ1) is 10.7. The van der Waals surface area contributed by atoms with Gasteiger partial charge in [0.15, 0.2) is 5.82 Å². The summed E-state index contributed by atoms with van der Waals surface area (Å²) in [5.41, 5.74) is 1.85. The van der Waals surface area contributed by atoms with E-state index in [9.17, 15) is 13.2 Å². The van der Waals surface area contributed by atoms with E-state index < -0.39 is 15.9 Å². The Morgan fingerprint density at radius 1 is 1.30 bits per heavy atom. The van der Waals surface area contributed by atoms with Gasteiger partial charge < -0.3 is 9.84 Å². The number of anilines is 1. The Bertz CT molecular complexity index is 799.